The third-order valence-electron chi connectivity index (χ3n) is 2.42. The molecule has 0 amide bonds. The van der Waals surface area contributed by atoms with Gasteiger partial charge in [0.05, 0.1) is 0 Å². The SMILES string of the molecule is CC1CC1(CBr)CC(F)F. The number of halogens is 3. The van der Waals surface area contributed by atoms with E-state index in [2.05, 4.69) is 15.9 Å². The van der Waals surface area contributed by atoms with Crippen LogP contribution in [0.4, 0.5) is 8.78 Å². The van der Waals surface area contributed by atoms with Crippen molar-refractivity contribution in [1.29, 1.82) is 0 Å². The van der Waals surface area contributed by atoms with Crippen molar-refractivity contribution in [2.24, 2.45) is 11.3 Å². The van der Waals surface area contributed by atoms with E-state index in [1.807, 2.05) is 6.92 Å². The van der Waals surface area contributed by atoms with Gasteiger partial charge >= 0.3 is 0 Å². The summed E-state index contributed by atoms with van der Waals surface area (Å²) in [6.07, 6.45) is -1.11. The van der Waals surface area contributed by atoms with E-state index in [1.165, 1.54) is 0 Å². The van der Waals surface area contributed by atoms with Crippen molar-refractivity contribution in [3.8, 4) is 0 Å². The van der Waals surface area contributed by atoms with Crippen molar-refractivity contribution in [3.05, 3.63) is 0 Å². The molecule has 1 saturated carbocycles. The van der Waals surface area contributed by atoms with E-state index in [1.54, 1.807) is 0 Å². The summed E-state index contributed by atoms with van der Waals surface area (Å²) >= 11 is 3.27. The minimum Gasteiger partial charge on any atom is -0.211 e. The maximum absolute atomic E-state index is 11.9. The van der Waals surface area contributed by atoms with E-state index >= 15 is 0 Å². The highest BCUT2D eigenvalue weighted by atomic mass is 79.9. The Balaban J connectivity index is 2.37. The molecule has 0 bridgehead atoms. The lowest BCUT2D eigenvalue weighted by Gasteiger charge is -2.10. The van der Waals surface area contributed by atoms with Gasteiger partial charge in [-0.3, -0.25) is 0 Å². The molecule has 0 heterocycles. The van der Waals surface area contributed by atoms with Gasteiger partial charge < -0.3 is 0 Å². The maximum atomic E-state index is 11.9. The molecule has 0 saturated heterocycles. The minimum atomic E-state index is -2.14. The van der Waals surface area contributed by atoms with Crippen molar-refractivity contribution in [2.75, 3.05) is 5.33 Å². The first-order valence-corrected chi connectivity index (χ1v) is 4.57. The first-order valence-electron chi connectivity index (χ1n) is 3.45. The van der Waals surface area contributed by atoms with Gasteiger partial charge in [-0.05, 0) is 17.8 Å². The third-order valence-corrected chi connectivity index (χ3v) is 3.54. The van der Waals surface area contributed by atoms with Crippen LogP contribution in [-0.4, -0.2) is 11.8 Å². The number of hydrogen-bond acceptors (Lipinski definition) is 0. The molecule has 1 aliphatic carbocycles. The number of alkyl halides is 3. The Bertz CT molecular complexity index is 123. The fourth-order valence-corrected chi connectivity index (χ4v) is 2.39. The average molecular weight is 213 g/mol. The molecule has 0 aromatic carbocycles. The molecule has 1 fully saturated rings. The summed E-state index contributed by atoms with van der Waals surface area (Å²) in [4.78, 5) is 0. The fraction of sp³-hybridized carbons (Fsp3) is 1.00. The van der Waals surface area contributed by atoms with Gasteiger partial charge in [-0.1, -0.05) is 22.9 Å². The minimum absolute atomic E-state index is 0.0613. The van der Waals surface area contributed by atoms with Gasteiger partial charge in [0.1, 0.15) is 0 Å². The molecular formula is C7H11BrF2. The molecule has 60 valence electrons. The third kappa shape index (κ3) is 1.49. The fourth-order valence-electron chi connectivity index (χ4n) is 1.38. The highest BCUT2D eigenvalue weighted by molar-refractivity contribution is 9.09. The zero-order chi connectivity index (χ0) is 7.78. The molecular weight excluding hydrogens is 202 g/mol. The van der Waals surface area contributed by atoms with Gasteiger partial charge in [0, 0.05) is 11.8 Å². The summed E-state index contributed by atoms with van der Waals surface area (Å²) in [5.41, 5.74) is -0.0613. The molecule has 0 aromatic rings. The van der Waals surface area contributed by atoms with Gasteiger partial charge in [-0.15, -0.1) is 0 Å². The standard InChI is InChI=1S/C7H11BrF2/c1-5-2-7(5,4-8)3-6(9)10/h5-6H,2-4H2,1H3. The van der Waals surface area contributed by atoms with Crippen LogP contribution in [0.3, 0.4) is 0 Å². The van der Waals surface area contributed by atoms with Crippen molar-refractivity contribution in [2.45, 2.75) is 26.2 Å². The van der Waals surface area contributed by atoms with Crippen LogP contribution in [0.2, 0.25) is 0 Å². The zero-order valence-electron chi connectivity index (χ0n) is 5.91. The van der Waals surface area contributed by atoms with Crippen molar-refractivity contribution in [1.82, 2.24) is 0 Å². The van der Waals surface area contributed by atoms with Crippen LogP contribution in [0, 0.1) is 11.3 Å². The highest BCUT2D eigenvalue weighted by Gasteiger charge is 2.51. The first-order chi connectivity index (χ1) is 4.60. The Labute approximate surface area is 68.1 Å². The lowest BCUT2D eigenvalue weighted by molar-refractivity contribution is 0.111. The van der Waals surface area contributed by atoms with E-state index in [0.29, 0.717) is 5.92 Å². The van der Waals surface area contributed by atoms with Crippen LogP contribution in [0.5, 0.6) is 0 Å². The number of rotatable bonds is 3. The lowest BCUT2D eigenvalue weighted by atomic mass is 10.0. The van der Waals surface area contributed by atoms with Gasteiger partial charge in [0.25, 0.3) is 0 Å². The topological polar surface area (TPSA) is 0 Å². The Morgan fingerprint density at radius 3 is 2.30 bits per heavy atom. The average Bonchev–Trinajstić information content (AvgIpc) is 2.42. The van der Waals surface area contributed by atoms with E-state index in [9.17, 15) is 8.78 Å². The monoisotopic (exact) mass is 212 g/mol. The maximum Gasteiger partial charge on any atom is 0.239 e. The zero-order valence-corrected chi connectivity index (χ0v) is 7.50. The largest absolute Gasteiger partial charge is 0.239 e. The molecule has 0 nitrogen and oxygen atoms in total. The second-order valence-electron chi connectivity index (χ2n) is 3.20. The quantitative estimate of drug-likeness (QED) is 0.632. The summed E-state index contributed by atoms with van der Waals surface area (Å²) in [6.45, 7) is 2.03. The van der Waals surface area contributed by atoms with Crippen LogP contribution in [0.25, 0.3) is 0 Å². The van der Waals surface area contributed by atoms with Gasteiger partial charge in [-0.2, -0.15) is 0 Å². The van der Waals surface area contributed by atoms with Crippen molar-refractivity contribution >= 4 is 15.9 Å². The summed E-state index contributed by atoms with van der Waals surface area (Å²) in [5.74, 6) is 0.487. The van der Waals surface area contributed by atoms with Crippen LogP contribution < -0.4 is 0 Å². The second-order valence-corrected chi connectivity index (χ2v) is 3.76. The van der Waals surface area contributed by atoms with Crippen LogP contribution in [0.1, 0.15) is 19.8 Å². The molecule has 0 radical (unpaired) electrons. The molecule has 2 unspecified atom stereocenters. The molecule has 0 N–H and O–H groups in total. The Kier molecular flexibility index (Phi) is 2.33. The molecule has 3 heteroatoms. The molecule has 0 aromatic heterocycles. The Morgan fingerprint density at radius 2 is 2.20 bits per heavy atom. The van der Waals surface area contributed by atoms with E-state index < -0.39 is 6.43 Å². The molecule has 1 aliphatic rings. The molecule has 0 spiro atoms. The van der Waals surface area contributed by atoms with Crippen LogP contribution in [0.15, 0.2) is 0 Å². The predicted molar refractivity (Wildman–Crippen MR) is 40.6 cm³/mol. The molecule has 0 aliphatic heterocycles. The van der Waals surface area contributed by atoms with Gasteiger partial charge in [-0.25, -0.2) is 8.78 Å². The van der Waals surface area contributed by atoms with Crippen molar-refractivity contribution < 1.29 is 8.78 Å². The summed E-state index contributed by atoms with van der Waals surface area (Å²) < 4.78 is 23.8. The molecule has 1 rings (SSSR count). The highest BCUT2D eigenvalue weighted by Crippen LogP contribution is 2.56. The van der Waals surface area contributed by atoms with Gasteiger partial charge in [0.2, 0.25) is 6.43 Å². The van der Waals surface area contributed by atoms with Gasteiger partial charge in [0.15, 0.2) is 0 Å². The van der Waals surface area contributed by atoms with Crippen LogP contribution in [-0.2, 0) is 0 Å². The normalized spacial score (nSPS) is 38.7. The first kappa shape index (κ1) is 8.44. The van der Waals surface area contributed by atoms with E-state index in [0.717, 1.165) is 11.8 Å². The number of hydrogen-bond donors (Lipinski definition) is 0. The predicted octanol–water partition coefficient (Wildman–Crippen LogP) is 3.06. The van der Waals surface area contributed by atoms with E-state index in [-0.39, 0.29) is 11.8 Å². The summed E-state index contributed by atoms with van der Waals surface area (Å²) in [5, 5.41) is 0.728. The molecule has 10 heavy (non-hydrogen) atoms. The second kappa shape index (κ2) is 2.76. The Hall–Kier alpha value is 0.340. The summed E-state index contributed by atoms with van der Waals surface area (Å²) in [6, 6.07) is 0. The lowest BCUT2D eigenvalue weighted by Crippen LogP contribution is -2.10. The van der Waals surface area contributed by atoms with Crippen molar-refractivity contribution in [3.63, 3.8) is 0 Å². The van der Waals surface area contributed by atoms with E-state index in [4.69, 9.17) is 0 Å². The summed E-state index contributed by atoms with van der Waals surface area (Å²) in [7, 11) is 0. The smallest absolute Gasteiger partial charge is 0.211 e. The van der Waals surface area contributed by atoms with Crippen LogP contribution >= 0.6 is 15.9 Å². The Morgan fingerprint density at radius 1 is 1.70 bits per heavy atom. The molecule has 2 atom stereocenters.